The molecule has 0 bridgehead atoms. The number of aliphatic hydroxyl groups is 1. The van der Waals surface area contributed by atoms with Crippen LogP contribution in [-0.4, -0.2) is 47.7 Å². The standard InChI is InChI=1S/C13H20ClN3O3/c1-13(18,9-16(2)3)8-15-7-10-4-5-11(17(19)20)6-12(10)14/h4-6,15,18H,7-9H2,1-3H3. The molecule has 7 heteroatoms. The predicted octanol–water partition coefficient (Wildman–Crippen LogP) is 1.65. The third kappa shape index (κ3) is 5.42. The van der Waals surface area contributed by atoms with Crippen LogP contribution in [0.5, 0.6) is 0 Å². The van der Waals surface area contributed by atoms with Crippen molar-refractivity contribution < 1.29 is 10.0 Å². The number of likely N-dealkylation sites (N-methyl/N-ethyl adjacent to an activating group) is 1. The minimum atomic E-state index is -0.850. The molecule has 0 heterocycles. The molecule has 0 saturated carbocycles. The molecular formula is C13H20ClN3O3. The molecule has 0 fully saturated rings. The van der Waals surface area contributed by atoms with E-state index < -0.39 is 10.5 Å². The van der Waals surface area contributed by atoms with Gasteiger partial charge in [-0.2, -0.15) is 0 Å². The molecule has 0 amide bonds. The highest BCUT2D eigenvalue weighted by Crippen LogP contribution is 2.22. The summed E-state index contributed by atoms with van der Waals surface area (Å²) in [6.45, 7) is 3.13. The predicted molar refractivity (Wildman–Crippen MR) is 79.0 cm³/mol. The second-order valence-corrected chi connectivity index (χ2v) is 5.78. The van der Waals surface area contributed by atoms with E-state index in [1.807, 2.05) is 19.0 Å². The number of non-ortho nitro benzene ring substituents is 1. The van der Waals surface area contributed by atoms with Gasteiger partial charge >= 0.3 is 0 Å². The zero-order valence-electron chi connectivity index (χ0n) is 11.9. The lowest BCUT2D eigenvalue weighted by atomic mass is 10.1. The van der Waals surface area contributed by atoms with E-state index in [0.29, 0.717) is 24.7 Å². The fraction of sp³-hybridized carbons (Fsp3) is 0.538. The van der Waals surface area contributed by atoms with Crippen LogP contribution in [0, 0.1) is 10.1 Å². The maximum atomic E-state index is 10.6. The highest BCUT2D eigenvalue weighted by molar-refractivity contribution is 6.31. The number of nitro groups is 1. The third-order valence-corrected chi connectivity index (χ3v) is 3.08. The van der Waals surface area contributed by atoms with Gasteiger partial charge in [-0.1, -0.05) is 11.6 Å². The molecule has 20 heavy (non-hydrogen) atoms. The zero-order valence-corrected chi connectivity index (χ0v) is 12.6. The number of halogens is 1. The summed E-state index contributed by atoms with van der Waals surface area (Å²) < 4.78 is 0. The Morgan fingerprint density at radius 3 is 2.65 bits per heavy atom. The largest absolute Gasteiger partial charge is 0.388 e. The van der Waals surface area contributed by atoms with Crippen LogP contribution < -0.4 is 5.32 Å². The van der Waals surface area contributed by atoms with Gasteiger partial charge in [-0.05, 0) is 32.6 Å². The molecule has 6 nitrogen and oxygen atoms in total. The van der Waals surface area contributed by atoms with E-state index in [1.165, 1.54) is 12.1 Å². The number of rotatable bonds is 7. The van der Waals surface area contributed by atoms with Gasteiger partial charge in [0, 0.05) is 31.8 Å². The lowest BCUT2D eigenvalue weighted by molar-refractivity contribution is -0.384. The van der Waals surface area contributed by atoms with Gasteiger partial charge in [-0.25, -0.2) is 0 Å². The fourth-order valence-electron chi connectivity index (χ4n) is 2.00. The molecule has 0 aromatic heterocycles. The average molecular weight is 302 g/mol. The van der Waals surface area contributed by atoms with Crippen molar-refractivity contribution >= 4 is 17.3 Å². The summed E-state index contributed by atoms with van der Waals surface area (Å²) in [4.78, 5) is 12.0. The van der Waals surface area contributed by atoms with Crippen molar-refractivity contribution in [3.05, 3.63) is 38.9 Å². The van der Waals surface area contributed by atoms with Crippen molar-refractivity contribution in [1.82, 2.24) is 10.2 Å². The Morgan fingerprint density at radius 1 is 1.50 bits per heavy atom. The molecule has 1 rings (SSSR count). The van der Waals surface area contributed by atoms with Gasteiger partial charge in [-0.3, -0.25) is 10.1 Å². The van der Waals surface area contributed by atoms with Gasteiger partial charge in [0.15, 0.2) is 0 Å². The van der Waals surface area contributed by atoms with Gasteiger partial charge < -0.3 is 15.3 Å². The van der Waals surface area contributed by atoms with Crippen molar-refractivity contribution in [2.45, 2.75) is 19.1 Å². The van der Waals surface area contributed by atoms with E-state index in [9.17, 15) is 15.2 Å². The minimum absolute atomic E-state index is 0.0293. The van der Waals surface area contributed by atoms with Crippen LogP contribution in [-0.2, 0) is 6.54 Å². The van der Waals surface area contributed by atoms with Gasteiger partial charge in [0.2, 0.25) is 0 Å². The Bertz CT molecular complexity index is 478. The van der Waals surface area contributed by atoms with Crippen LogP contribution in [0.2, 0.25) is 5.02 Å². The van der Waals surface area contributed by atoms with Crippen molar-refractivity contribution in [2.75, 3.05) is 27.2 Å². The molecule has 0 aliphatic rings. The highest BCUT2D eigenvalue weighted by Gasteiger charge is 2.20. The van der Waals surface area contributed by atoms with Gasteiger partial charge in [-0.15, -0.1) is 0 Å². The topological polar surface area (TPSA) is 78.6 Å². The number of benzene rings is 1. The first-order valence-electron chi connectivity index (χ1n) is 6.22. The Kier molecular flexibility index (Phi) is 5.88. The first-order valence-corrected chi connectivity index (χ1v) is 6.60. The second kappa shape index (κ2) is 6.99. The smallest absolute Gasteiger partial charge is 0.270 e. The van der Waals surface area contributed by atoms with Crippen molar-refractivity contribution in [3.63, 3.8) is 0 Å². The van der Waals surface area contributed by atoms with Crippen molar-refractivity contribution in [2.24, 2.45) is 0 Å². The lowest BCUT2D eigenvalue weighted by Gasteiger charge is -2.27. The summed E-state index contributed by atoms with van der Waals surface area (Å²) in [5.74, 6) is 0. The molecular weight excluding hydrogens is 282 g/mol. The highest BCUT2D eigenvalue weighted by atomic mass is 35.5. The lowest BCUT2D eigenvalue weighted by Crippen LogP contribution is -2.45. The number of nitrogens with zero attached hydrogens (tertiary/aromatic N) is 2. The normalized spacial score (nSPS) is 14.3. The molecule has 1 atom stereocenters. The molecule has 0 aliphatic carbocycles. The zero-order chi connectivity index (χ0) is 15.3. The summed E-state index contributed by atoms with van der Waals surface area (Å²) in [6, 6.07) is 4.37. The molecule has 1 aromatic rings. The SMILES string of the molecule is CN(C)CC(C)(O)CNCc1ccc([N+](=O)[O-])cc1Cl. The van der Waals surface area contributed by atoms with Crippen LogP contribution >= 0.6 is 11.6 Å². The monoisotopic (exact) mass is 301 g/mol. The summed E-state index contributed by atoms with van der Waals surface area (Å²) in [7, 11) is 3.78. The Hall–Kier alpha value is -1.21. The summed E-state index contributed by atoms with van der Waals surface area (Å²) in [5, 5.41) is 24.2. The van der Waals surface area contributed by atoms with E-state index in [-0.39, 0.29) is 5.69 Å². The molecule has 0 spiro atoms. The van der Waals surface area contributed by atoms with Gasteiger partial charge in [0.25, 0.3) is 5.69 Å². The summed E-state index contributed by atoms with van der Waals surface area (Å²) >= 11 is 5.99. The molecule has 2 N–H and O–H groups in total. The number of nitro benzene ring substituents is 1. The molecule has 0 saturated heterocycles. The van der Waals surface area contributed by atoms with Crippen molar-refractivity contribution in [3.8, 4) is 0 Å². The number of hydrogen-bond acceptors (Lipinski definition) is 5. The third-order valence-electron chi connectivity index (χ3n) is 2.73. The molecule has 1 unspecified atom stereocenters. The first kappa shape index (κ1) is 16.8. The van der Waals surface area contributed by atoms with E-state index in [1.54, 1.807) is 13.0 Å². The Balaban J connectivity index is 2.56. The van der Waals surface area contributed by atoms with Gasteiger partial charge in [0.05, 0.1) is 15.5 Å². The van der Waals surface area contributed by atoms with E-state index in [4.69, 9.17) is 11.6 Å². The Morgan fingerprint density at radius 2 is 2.15 bits per heavy atom. The van der Waals surface area contributed by atoms with Gasteiger partial charge in [0.1, 0.15) is 0 Å². The van der Waals surface area contributed by atoms with E-state index in [0.717, 1.165) is 5.56 Å². The molecule has 112 valence electrons. The average Bonchev–Trinajstić information content (AvgIpc) is 2.29. The minimum Gasteiger partial charge on any atom is -0.388 e. The molecule has 0 radical (unpaired) electrons. The fourth-order valence-corrected chi connectivity index (χ4v) is 2.24. The molecule has 1 aromatic carbocycles. The quantitative estimate of drug-likeness (QED) is 0.591. The summed E-state index contributed by atoms with van der Waals surface area (Å²) in [6.07, 6.45) is 0. The molecule has 0 aliphatic heterocycles. The van der Waals surface area contributed by atoms with Crippen LogP contribution in [0.1, 0.15) is 12.5 Å². The second-order valence-electron chi connectivity index (χ2n) is 5.37. The van der Waals surface area contributed by atoms with Crippen LogP contribution in [0.25, 0.3) is 0 Å². The van der Waals surface area contributed by atoms with Crippen LogP contribution in [0.4, 0.5) is 5.69 Å². The van der Waals surface area contributed by atoms with E-state index >= 15 is 0 Å². The maximum Gasteiger partial charge on any atom is 0.270 e. The number of nitrogens with one attached hydrogen (secondary N) is 1. The van der Waals surface area contributed by atoms with Crippen molar-refractivity contribution in [1.29, 1.82) is 0 Å². The maximum absolute atomic E-state index is 10.6. The first-order chi connectivity index (χ1) is 9.21. The Labute approximate surface area is 123 Å². The van der Waals surface area contributed by atoms with Crippen LogP contribution in [0.15, 0.2) is 18.2 Å². The number of hydrogen-bond donors (Lipinski definition) is 2. The van der Waals surface area contributed by atoms with E-state index in [2.05, 4.69) is 5.32 Å². The summed E-state index contributed by atoms with van der Waals surface area (Å²) in [5.41, 5.74) is -0.118. The van der Waals surface area contributed by atoms with Crippen LogP contribution in [0.3, 0.4) is 0 Å².